The standard InChI is InChI=1S/C13H15Cl2NO2/c1-8-13(2,5-6-18-8)16-12(17)10-7-9(14)3-4-11(10)15/h3-4,7-8H,5-6H2,1-2H3,(H,16,17)/t8-,13+/m1/s1. The maximum Gasteiger partial charge on any atom is 0.253 e. The minimum absolute atomic E-state index is 0.0144. The molecule has 1 fully saturated rings. The first-order valence-corrected chi connectivity index (χ1v) is 6.57. The number of amides is 1. The van der Waals surface area contributed by atoms with Gasteiger partial charge in [0, 0.05) is 11.6 Å². The van der Waals surface area contributed by atoms with Crippen LogP contribution in [-0.4, -0.2) is 24.2 Å². The first-order chi connectivity index (χ1) is 8.42. The maximum atomic E-state index is 12.2. The van der Waals surface area contributed by atoms with Crippen molar-refractivity contribution in [3.63, 3.8) is 0 Å². The van der Waals surface area contributed by atoms with Gasteiger partial charge in [0.2, 0.25) is 0 Å². The normalized spacial score (nSPS) is 27.2. The molecule has 1 heterocycles. The summed E-state index contributed by atoms with van der Waals surface area (Å²) in [5, 5.41) is 3.87. The predicted molar refractivity (Wildman–Crippen MR) is 72.4 cm³/mol. The second kappa shape index (κ2) is 5.08. The van der Waals surface area contributed by atoms with Gasteiger partial charge >= 0.3 is 0 Å². The first-order valence-electron chi connectivity index (χ1n) is 5.81. The lowest BCUT2D eigenvalue weighted by Crippen LogP contribution is -2.50. The van der Waals surface area contributed by atoms with Crippen LogP contribution in [-0.2, 0) is 4.74 Å². The third kappa shape index (κ3) is 2.63. The van der Waals surface area contributed by atoms with Crippen LogP contribution >= 0.6 is 23.2 Å². The number of hydrogen-bond donors (Lipinski definition) is 1. The van der Waals surface area contributed by atoms with Crippen molar-refractivity contribution in [2.24, 2.45) is 0 Å². The summed E-state index contributed by atoms with van der Waals surface area (Å²) in [6.45, 7) is 4.58. The Kier molecular flexibility index (Phi) is 3.85. The zero-order chi connectivity index (χ0) is 13.3. The van der Waals surface area contributed by atoms with Crippen molar-refractivity contribution in [3.05, 3.63) is 33.8 Å². The summed E-state index contributed by atoms with van der Waals surface area (Å²) in [7, 11) is 0. The molecule has 1 aliphatic heterocycles. The molecule has 0 radical (unpaired) electrons. The summed E-state index contributed by atoms with van der Waals surface area (Å²) in [5.41, 5.74) is 0.0346. The Bertz CT molecular complexity index is 478. The molecule has 1 N–H and O–H groups in total. The molecule has 0 aromatic heterocycles. The highest BCUT2D eigenvalue weighted by atomic mass is 35.5. The topological polar surface area (TPSA) is 38.3 Å². The fourth-order valence-electron chi connectivity index (χ4n) is 2.00. The van der Waals surface area contributed by atoms with Crippen molar-refractivity contribution >= 4 is 29.1 Å². The molecule has 5 heteroatoms. The van der Waals surface area contributed by atoms with Crippen LogP contribution in [0.2, 0.25) is 10.0 Å². The van der Waals surface area contributed by atoms with Gasteiger partial charge in [0.15, 0.2) is 0 Å². The van der Waals surface area contributed by atoms with Crippen molar-refractivity contribution in [2.75, 3.05) is 6.61 Å². The highest BCUT2D eigenvalue weighted by molar-refractivity contribution is 6.35. The van der Waals surface area contributed by atoms with Gasteiger partial charge in [0.05, 0.1) is 22.2 Å². The van der Waals surface area contributed by atoms with E-state index in [9.17, 15) is 4.79 Å². The molecule has 98 valence electrons. The van der Waals surface area contributed by atoms with E-state index in [4.69, 9.17) is 27.9 Å². The van der Waals surface area contributed by atoms with Crippen molar-refractivity contribution < 1.29 is 9.53 Å². The van der Waals surface area contributed by atoms with Gasteiger partial charge in [-0.05, 0) is 38.5 Å². The fraction of sp³-hybridized carbons (Fsp3) is 0.462. The predicted octanol–water partition coefficient (Wildman–Crippen LogP) is 3.29. The Morgan fingerprint density at radius 1 is 1.50 bits per heavy atom. The summed E-state index contributed by atoms with van der Waals surface area (Å²) < 4.78 is 5.49. The van der Waals surface area contributed by atoms with E-state index < -0.39 is 0 Å². The van der Waals surface area contributed by atoms with Crippen LogP contribution in [0.1, 0.15) is 30.6 Å². The Hall–Kier alpha value is -0.770. The summed E-state index contributed by atoms with van der Waals surface area (Å²) >= 11 is 11.9. The second-order valence-corrected chi connectivity index (χ2v) is 5.60. The number of nitrogens with one attached hydrogen (secondary N) is 1. The van der Waals surface area contributed by atoms with E-state index >= 15 is 0 Å². The van der Waals surface area contributed by atoms with Crippen molar-refractivity contribution in [1.29, 1.82) is 0 Å². The van der Waals surface area contributed by atoms with Crippen LogP contribution < -0.4 is 5.32 Å². The van der Waals surface area contributed by atoms with E-state index in [1.807, 2.05) is 13.8 Å². The van der Waals surface area contributed by atoms with E-state index in [1.165, 1.54) is 0 Å². The molecule has 0 bridgehead atoms. The number of hydrogen-bond acceptors (Lipinski definition) is 2. The summed E-state index contributed by atoms with van der Waals surface area (Å²) in [4.78, 5) is 12.2. The molecule has 1 saturated heterocycles. The van der Waals surface area contributed by atoms with Crippen LogP contribution in [0.25, 0.3) is 0 Å². The number of rotatable bonds is 2. The van der Waals surface area contributed by atoms with E-state index in [-0.39, 0.29) is 17.6 Å². The zero-order valence-corrected chi connectivity index (χ0v) is 11.8. The molecule has 1 aromatic carbocycles. The third-order valence-electron chi connectivity index (χ3n) is 3.46. The quantitative estimate of drug-likeness (QED) is 0.906. The number of carbonyl (C=O) groups is 1. The van der Waals surface area contributed by atoms with Gasteiger partial charge in [-0.25, -0.2) is 0 Å². The van der Waals surface area contributed by atoms with Gasteiger partial charge < -0.3 is 10.1 Å². The highest BCUT2D eigenvalue weighted by Crippen LogP contribution is 2.27. The van der Waals surface area contributed by atoms with Crippen LogP contribution in [0.3, 0.4) is 0 Å². The smallest absolute Gasteiger partial charge is 0.253 e. The van der Waals surface area contributed by atoms with E-state index in [0.29, 0.717) is 22.2 Å². The average Bonchev–Trinajstić information content (AvgIpc) is 2.62. The SMILES string of the molecule is C[C@H]1OCC[C@]1(C)NC(=O)c1cc(Cl)ccc1Cl. The third-order valence-corrected chi connectivity index (χ3v) is 4.02. The van der Waals surface area contributed by atoms with E-state index in [2.05, 4.69) is 5.32 Å². The van der Waals surface area contributed by atoms with Gasteiger partial charge in [-0.1, -0.05) is 23.2 Å². The molecule has 0 aliphatic carbocycles. The molecule has 0 unspecified atom stereocenters. The second-order valence-electron chi connectivity index (χ2n) is 4.76. The Balaban J connectivity index is 2.19. The average molecular weight is 288 g/mol. The van der Waals surface area contributed by atoms with E-state index in [0.717, 1.165) is 6.42 Å². The molecule has 1 amide bonds. The fourth-order valence-corrected chi connectivity index (χ4v) is 2.37. The van der Waals surface area contributed by atoms with E-state index in [1.54, 1.807) is 18.2 Å². The highest BCUT2D eigenvalue weighted by Gasteiger charge is 2.38. The minimum atomic E-state index is -0.358. The molecule has 0 spiro atoms. The minimum Gasteiger partial charge on any atom is -0.376 e. The van der Waals surface area contributed by atoms with Crippen molar-refractivity contribution in [3.8, 4) is 0 Å². The molecule has 1 aromatic rings. The van der Waals surface area contributed by atoms with Crippen LogP contribution in [0.5, 0.6) is 0 Å². The monoisotopic (exact) mass is 287 g/mol. The Morgan fingerprint density at radius 2 is 2.22 bits per heavy atom. The first kappa shape index (κ1) is 13.7. The molecule has 2 atom stereocenters. The number of carbonyl (C=O) groups excluding carboxylic acids is 1. The lowest BCUT2D eigenvalue weighted by Gasteiger charge is -2.29. The Labute approximate surface area is 116 Å². The van der Waals surface area contributed by atoms with Gasteiger partial charge in [0.25, 0.3) is 5.91 Å². The molecule has 3 nitrogen and oxygen atoms in total. The van der Waals surface area contributed by atoms with Gasteiger partial charge in [-0.15, -0.1) is 0 Å². The van der Waals surface area contributed by atoms with Crippen LogP contribution in [0.4, 0.5) is 0 Å². The lowest BCUT2D eigenvalue weighted by atomic mass is 9.94. The van der Waals surface area contributed by atoms with Crippen LogP contribution in [0, 0.1) is 0 Å². The number of benzene rings is 1. The Morgan fingerprint density at radius 3 is 2.83 bits per heavy atom. The molecular weight excluding hydrogens is 273 g/mol. The molecular formula is C13H15Cl2NO2. The van der Waals surface area contributed by atoms with Crippen molar-refractivity contribution in [2.45, 2.75) is 31.9 Å². The largest absolute Gasteiger partial charge is 0.376 e. The summed E-state index contributed by atoms with van der Waals surface area (Å²) in [6.07, 6.45) is 0.775. The summed E-state index contributed by atoms with van der Waals surface area (Å²) in [5.74, 6) is -0.220. The van der Waals surface area contributed by atoms with Gasteiger partial charge in [-0.3, -0.25) is 4.79 Å². The molecule has 2 rings (SSSR count). The summed E-state index contributed by atoms with van der Waals surface area (Å²) in [6, 6.07) is 4.85. The van der Waals surface area contributed by atoms with Crippen molar-refractivity contribution in [1.82, 2.24) is 5.32 Å². The lowest BCUT2D eigenvalue weighted by molar-refractivity contribution is 0.0727. The number of halogens is 2. The zero-order valence-electron chi connectivity index (χ0n) is 10.3. The molecule has 0 saturated carbocycles. The molecule has 18 heavy (non-hydrogen) atoms. The maximum absolute atomic E-state index is 12.2. The number of ether oxygens (including phenoxy) is 1. The van der Waals surface area contributed by atoms with Crippen LogP contribution in [0.15, 0.2) is 18.2 Å². The molecule has 1 aliphatic rings. The van der Waals surface area contributed by atoms with Gasteiger partial charge in [0.1, 0.15) is 0 Å². The van der Waals surface area contributed by atoms with Gasteiger partial charge in [-0.2, -0.15) is 0 Å².